The highest BCUT2D eigenvalue weighted by Crippen LogP contribution is 2.33. The molecule has 0 bridgehead atoms. The summed E-state index contributed by atoms with van der Waals surface area (Å²) in [7, 11) is 5.95. The SMILES string of the molecule is CN(C)c1cc2c3c(c1O)N=CC=3CC[N+]=2C. The van der Waals surface area contributed by atoms with Crippen LogP contribution < -0.4 is 20.1 Å². The molecule has 1 N–H and O–H groups in total. The summed E-state index contributed by atoms with van der Waals surface area (Å²) in [6.45, 7) is 1.01. The molecule has 0 unspecified atom stereocenters. The van der Waals surface area contributed by atoms with Gasteiger partial charge in [0.2, 0.25) is 5.36 Å². The van der Waals surface area contributed by atoms with Gasteiger partial charge in [-0.25, -0.2) is 4.58 Å². The summed E-state index contributed by atoms with van der Waals surface area (Å²) in [5.41, 5.74) is 2.80. The number of hydrogen-bond donors (Lipinski definition) is 1. The Morgan fingerprint density at radius 2 is 2.18 bits per heavy atom. The number of rotatable bonds is 1. The van der Waals surface area contributed by atoms with Crippen LogP contribution in [0.2, 0.25) is 0 Å². The van der Waals surface area contributed by atoms with E-state index < -0.39 is 0 Å². The molecule has 4 heteroatoms. The number of phenolic OH excluding ortho intramolecular Hbond substituents is 1. The van der Waals surface area contributed by atoms with Crippen LogP contribution in [0.1, 0.15) is 6.42 Å². The van der Waals surface area contributed by atoms with Crippen molar-refractivity contribution in [2.45, 2.75) is 6.42 Å². The average molecular weight is 230 g/mol. The highest BCUT2D eigenvalue weighted by molar-refractivity contribution is 6.08. The van der Waals surface area contributed by atoms with Crippen molar-refractivity contribution in [1.82, 2.24) is 4.58 Å². The van der Waals surface area contributed by atoms with Gasteiger partial charge in [-0.1, -0.05) is 0 Å². The van der Waals surface area contributed by atoms with E-state index in [2.05, 4.69) is 16.6 Å². The smallest absolute Gasteiger partial charge is 0.211 e. The van der Waals surface area contributed by atoms with Crippen LogP contribution in [0, 0.1) is 0 Å². The first-order valence-electron chi connectivity index (χ1n) is 5.78. The Hall–Kier alpha value is -1.84. The molecule has 0 saturated heterocycles. The lowest BCUT2D eigenvalue weighted by Gasteiger charge is -2.15. The number of phenols is 1. The van der Waals surface area contributed by atoms with Crippen molar-refractivity contribution in [2.75, 3.05) is 32.6 Å². The fraction of sp³-hybridized carbons (Fsp3) is 0.385. The third kappa shape index (κ3) is 1.30. The standard InChI is InChI=1S/C13H15N3O/c1-15(2)10-6-9-11-8(4-5-16(9)3)7-14-12(11)13(10)17/h6-7H,4-5H2,1-3H3/p+1. The number of aliphatic imine (C=N–C) groups is 1. The summed E-state index contributed by atoms with van der Waals surface area (Å²) in [5, 5.41) is 12.5. The van der Waals surface area contributed by atoms with Gasteiger partial charge in [0.05, 0.1) is 10.9 Å². The normalized spacial score (nSPS) is 16.4. The van der Waals surface area contributed by atoms with Gasteiger partial charge < -0.3 is 10.0 Å². The van der Waals surface area contributed by atoms with Crippen LogP contribution in [-0.2, 0) is 0 Å². The van der Waals surface area contributed by atoms with Crippen molar-refractivity contribution < 1.29 is 5.11 Å². The maximum atomic E-state index is 10.2. The zero-order chi connectivity index (χ0) is 12.2. The highest BCUT2D eigenvalue weighted by Gasteiger charge is 2.24. The molecule has 0 aromatic heterocycles. The summed E-state index contributed by atoms with van der Waals surface area (Å²) in [4.78, 5) is 6.28. The molecule has 1 aromatic carbocycles. The van der Waals surface area contributed by atoms with E-state index in [0.717, 1.165) is 29.6 Å². The summed E-state index contributed by atoms with van der Waals surface area (Å²) in [6.07, 6.45) is 2.89. The van der Waals surface area contributed by atoms with Gasteiger partial charge in [-0.3, -0.25) is 4.99 Å². The van der Waals surface area contributed by atoms with Crippen molar-refractivity contribution in [3.8, 4) is 5.75 Å². The first-order valence-corrected chi connectivity index (χ1v) is 5.78. The molecule has 0 aliphatic carbocycles. The molecule has 2 heterocycles. The zero-order valence-electron chi connectivity index (χ0n) is 10.4. The predicted octanol–water partition coefficient (Wildman–Crippen LogP) is -0.151. The molecule has 3 rings (SSSR count). The van der Waals surface area contributed by atoms with Gasteiger partial charge in [-0.05, 0) is 5.57 Å². The second-order valence-electron chi connectivity index (χ2n) is 4.84. The topological polar surface area (TPSA) is 38.8 Å². The number of benzene rings is 1. The molecular formula is C13H16N3O+. The first kappa shape index (κ1) is 10.3. The summed E-state index contributed by atoms with van der Waals surface area (Å²) < 4.78 is 2.23. The second kappa shape index (κ2) is 3.32. The van der Waals surface area contributed by atoms with E-state index in [4.69, 9.17) is 0 Å². The Labute approximate surface area is 99.8 Å². The Kier molecular flexibility index (Phi) is 2.02. The fourth-order valence-electron chi connectivity index (χ4n) is 2.52. The van der Waals surface area contributed by atoms with E-state index in [1.807, 2.05) is 31.3 Å². The van der Waals surface area contributed by atoms with Crippen LogP contribution in [0.3, 0.4) is 0 Å². The third-order valence-corrected chi connectivity index (χ3v) is 3.51. The third-order valence-electron chi connectivity index (χ3n) is 3.51. The summed E-state index contributed by atoms with van der Waals surface area (Å²) >= 11 is 0. The molecule has 17 heavy (non-hydrogen) atoms. The Balaban J connectivity index is 2.51. The Morgan fingerprint density at radius 3 is 2.88 bits per heavy atom. The van der Waals surface area contributed by atoms with E-state index in [1.54, 1.807) is 0 Å². The monoisotopic (exact) mass is 230 g/mol. The largest absolute Gasteiger partial charge is 0.504 e. The van der Waals surface area contributed by atoms with Gasteiger partial charge in [0.25, 0.3) is 0 Å². The minimum absolute atomic E-state index is 0.287. The lowest BCUT2D eigenvalue weighted by molar-refractivity contribution is 0.476. The van der Waals surface area contributed by atoms with Crippen LogP contribution in [0.15, 0.2) is 11.1 Å². The maximum absolute atomic E-state index is 10.2. The number of anilines is 1. The Morgan fingerprint density at radius 1 is 1.41 bits per heavy atom. The molecule has 0 spiro atoms. The molecule has 0 radical (unpaired) electrons. The van der Waals surface area contributed by atoms with E-state index in [9.17, 15) is 5.11 Å². The number of aromatic hydroxyl groups is 1. The maximum Gasteiger partial charge on any atom is 0.211 e. The minimum atomic E-state index is 0.287. The molecule has 4 nitrogen and oxygen atoms in total. The van der Waals surface area contributed by atoms with Gasteiger partial charge in [-0.2, -0.15) is 0 Å². The molecule has 0 saturated carbocycles. The van der Waals surface area contributed by atoms with E-state index in [0.29, 0.717) is 0 Å². The fourth-order valence-corrected chi connectivity index (χ4v) is 2.52. The Bertz CT molecular complexity index is 656. The van der Waals surface area contributed by atoms with Crippen LogP contribution in [0.25, 0.3) is 5.57 Å². The predicted molar refractivity (Wildman–Crippen MR) is 69.9 cm³/mol. The first-order chi connectivity index (χ1) is 8.09. The van der Waals surface area contributed by atoms with Crippen LogP contribution in [-0.4, -0.2) is 39.0 Å². The minimum Gasteiger partial charge on any atom is -0.504 e. The summed E-state index contributed by atoms with van der Waals surface area (Å²) in [6, 6.07) is 2.04. The molecule has 88 valence electrons. The van der Waals surface area contributed by atoms with Crippen molar-refractivity contribution in [3.05, 3.63) is 16.6 Å². The molecular weight excluding hydrogens is 214 g/mol. The summed E-state index contributed by atoms with van der Waals surface area (Å²) in [5.74, 6) is 0.287. The van der Waals surface area contributed by atoms with Gasteiger partial charge >= 0.3 is 0 Å². The van der Waals surface area contributed by atoms with Crippen LogP contribution in [0.4, 0.5) is 11.4 Å². The lowest BCUT2D eigenvalue weighted by Crippen LogP contribution is -2.43. The van der Waals surface area contributed by atoms with Crippen molar-refractivity contribution >= 4 is 23.2 Å². The van der Waals surface area contributed by atoms with Crippen molar-refractivity contribution in [1.29, 1.82) is 0 Å². The van der Waals surface area contributed by atoms with E-state index in [1.165, 1.54) is 10.9 Å². The number of hydrogen-bond acceptors (Lipinski definition) is 3. The van der Waals surface area contributed by atoms with Gasteiger partial charge in [-0.15, -0.1) is 0 Å². The van der Waals surface area contributed by atoms with E-state index in [-0.39, 0.29) is 5.75 Å². The molecule has 1 aromatic rings. The average Bonchev–Trinajstić information content (AvgIpc) is 2.71. The van der Waals surface area contributed by atoms with Gasteiger partial charge in [0.1, 0.15) is 19.3 Å². The second-order valence-corrected chi connectivity index (χ2v) is 4.84. The van der Waals surface area contributed by atoms with Gasteiger partial charge in [0, 0.05) is 32.8 Å². The van der Waals surface area contributed by atoms with Crippen molar-refractivity contribution in [2.24, 2.45) is 4.99 Å². The van der Waals surface area contributed by atoms with Crippen LogP contribution in [0.5, 0.6) is 5.75 Å². The molecule has 0 atom stereocenters. The van der Waals surface area contributed by atoms with Crippen molar-refractivity contribution in [3.63, 3.8) is 0 Å². The molecule has 0 amide bonds. The highest BCUT2D eigenvalue weighted by atomic mass is 16.3. The van der Waals surface area contributed by atoms with E-state index >= 15 is 0 Å². The molecule has 2 aliphatic rings. The number of nitrogens with zero attached hydrogens (tertiary/aromatic N) is 3. The quantitative estimate of drug-likeness (QED) is 0.681. The molecule has 2 aliphatic heterocycles. The lowest BCUT2D eigenvalue weighted by atomic mass is 10.1. The zero-order valence-corrected chi connectivity index (χ0v) is 10.4. The van der Waals surface area contributed by atoms with Crippen LogP contribution >= 0.6 is 0 Å². The van der Waals surface area contributed by atoms with Gasteiger partial charge in [0.15, 0.2) is 5.75 Å². The molecule has 0 fully saturated rings.